The smallest absolute Gasteiger partial charge is 0.433 e. The van der Waals surface area contributed by atoms with Crippen molar-refractivity contribution in [2.45, 2.75) is 32.5 Å². The van der Waals surface area contributed by atoms with Crippen LogP contribution in [0.4, 0.5) is 19.1 Å². The number of hydrogen-bond acceptors (Lipinski definition) is 7. The summed E-state index contributed by atoms with van der Waals surface area (Å²) in [6.45, 7) is 1.07. The molecule has 3 N–H and O–H groups in total. The van der Waals surface area contributed by atoms with Crippen LogP contribution >= 0.6 is 0 Å². The number of aliphatic imine (C=N–C) groups is 1. The summed E-state index contributed by atoms with van der Waals surface area (Å²) in [5.74, 6) is 0.578. The van der Waals surface area contributed by atoms with Gasteiger partial charge in [-0.2, -0.15) is 17.7 Å². The number of ether oxygens (including phenoxy) is 1. The molecule has 0 fully saturated rings. The zero-order chi connectivity index (χ0) is 22.3. The molecule has 8 nitrogen and oxygen atoms in total. The molecule has 0 aromatic carbocycles. The van der Waals surface area contributed by atoms with Crippen LogP contribution in [0.3, 0.4) is 0 Å². The molecule has 3 heterocycles. The number of halogens is 3. The van der Waals surface area contributed by atoms with E-state index in [1.54, 1.807) is 6.08 Å². The van der Waals surface area contributed by atoms with Crippen LogP contribution in [-0.4, -0.2) is 43.7 Å². The Kier molecular flexibility index (Phi) is 5.13. The highest BCUT2D eigenvalue weighted by Gasteiger charge is 2.35. The predicted molar refractivity (Wildman–Crippen MR) is 108 cm³/mol. The molecule has 0 radical (unpaired) electrons. The fourth-order valence-electron chi connectivity index (χ4n) is 3.60. The van der Waals surface area contributed by atoms with Crippen molar-refractivity contribution in [3.8, 4) is 0 Å². The minimum absolute atomic E-state index is 0.0136. The topological polar surface area (TPSA) is 111 Å². The largest absolute Gasteiger partial charge is 0.496 e. The first-order valence-corrected chi connectivity index (χ1v) is 9.35. The first-order valence-electron chi connectivity index (χ1n) is 9.35. The van der Waals surface area contributed by atoms with Crippen molar-refractivity contribution >= 4 is 28.5 Å². The molecular weight excluding hydrogens is 413 g/mol. The van der Waals surface area contributed by atoms with Crippen LogP contribution in [0.2, 0.25) is 0 Å². The third-order valence-corrected chi connectivity index (χ3v) is 4.89. The van der Waals surface area contributed by atoms with E-state index in [4.69, 9.17) is 10.5 Å². The summed E-state index contributed by atoms with van der Waals surface area (Å²) in [7, 11) is 1.50. The van der Waals surface area contributed by atoms with Gasteiger partial charge in [0.05, 0.1) is 12.5 Å². The van der Waals surface area contributed by atoms with E-state index in [9.17, 15) is 18.3 Å². The van der Waals surface area contributed by atoms with E-state index in [2.05, 4.69) is 20.1 Å². The van der Waals surface area contributed by atoms with Gasteiger partial charge in [0.2, 0.25) is 5.95 Å². The molecule has 0 bridgehead atoms. The Morgan fingerprint density at radius 2 is 2.06 bits per heavy atom. The van der Waals surface area contributed by atoms with Gasteiger partial charge in [-0.1, -0.05) is 12.2 Å². The number of fused-ring (bicyclic) bond motifs is 1. The van der Waals surface area contributed by atoms with Gasteiger partial charge in [-0.3, -0.25) is 4.99 Å². The summed E-state index contributed by atoms with van der Waals surface area (Å²) in [5.41, 5.74) is 6.55. The molecule has 0 saturated carbocycles. The van der Waals surface area contributed by atoms with E-state index in [0.717, 1.165) is 6.08 Å². The number of nitrogen functional groups attached to an aromatic ring is 1. The van der Waals surface area contributed by atoms with E-state index in [-0.39, 0.29) is 23.8 Å². The van der Waals surface area contributed by atoms with E-state index in [0.29, 0.717) is 39.6 Å². The molecule has 162 valence electrons. The first-order chi connectivity index (χ1) is 14.7. The third-order valence-electron chi connectivity index (χ3n) is 4.89. The summed E-state index contributed by atoms with van der Waals surface area (Å²) in [5, 5.41) is 14.3. The second-order valence-corrected chi connectivity index (χ2v) is 7.04. The average molecular weight is 432 g/mol. The number of methoxy groups -OCH3 is 1. The Labute approximate surface area is 174 Å². The summed E-state index contributed by atoms with van der Waals surface area (Å²) >= 11 is 0. The lowest BCUT2D eigenvalue weighted by Gasteiger charge is -2.17. The van der Waals surface area contributed by atoms with Crippen LogP contribution in [0.5, 0.6) is 0 Å². The summed E-state index contributed by atoms with van der Waals surface area (Å²) < 4.78 is 47.1. The molecule has 4 rings (SSSR count). The summed E-state index contributed by atoms with van der Waals surface area (Å²) in [6.07, 6.45) is 2.40. The Bertz CT molecular complexity index is 1320. The zero-order valence-corrected chi connectivity index (χ0v) is 16.7. The van der Waals surface area contributed by atoms with Gasteiger partial charge in [-0.25, -0.2) is 9.97 Å². The van der Waals surface area contributed by atoms with Crippen LogP contribution in [0.25, 0.3) is 16.8 Å². The lowest BCUT2D eigenvalue weighted by Crippen LogP contribution is -2.38. The van der Waals surface area contributed by atoms with Gasteiger partial charge in [0.15, 0.2) is 11.5 Å². The lowest BCUT2D eigenvalue weighted by molar-refractivity contribution is -0.0923. The van der Waals surface area contributed by atoms with Gasteiger partial charge in [-0.15, -0.1) is 5.10 Å². The number of nitrogens with zero attached hydrogens (tertiary/aromatic N) is 5. The third kappa shape index (κ3) is 3.72. The Hall–Kier alpha value is -3.47. The van der Waals surface area contributed by atoms with Gasteiger partial charge in [0.1, 0.15) is 18.1 Å². The maximum atomic E-state index is 13.5. The minimum atomic E-state index is -4.62. The van der Waals surface area contributed by atoms with Crippen LogP contribution in [0.1, 0.15) is 25.6 Å². The van der Waals surface area contributed by atoms with E-state index in [1.165, 1.54) is 18.5 Å². The molecule has 2 aromatic heterocycles. The number of alkyl halides is 3. The number of allylic oxidation sites excluding steroid dienone is 6. The van der Waals surface area contributed by atoms with Gasteiger partial charge in [-0.05, 0) is 31.1 Å². The van der Waals surface area contributed by atoms with Crippen LogP contribution < -0.4 is 16.3 Å². The highest BCUT2D eigenvalue weighted by atomic mass is 19.4. The monoisotopic (exact) mass is 432 g/mol. The van der Waals surface area contributed by atoms with E-state index < -0.39 is 18.5 Å². The van der Waals surface area contributed by atoms with Crippen molar-refractivity contribution in [1.29, 1.82) is 0 Å². The minimum Gasteiger partial charge on any atom is -0.496 e. The number of hydrogen-bond donors (Lipinski definition) is 2. The molecule has 0 atom stereocenters. The van der Waals surface area contributed by atoms with Gasteiger partial charge in [0.25, 0.3) is 0 Å². The molecular formula is C20H19F3N6O2. The highest BCUT2D eigenvalue weighted by molar-refractivity contribution is 5.94. The standard InChI is InChI=1S/C20H19F3N6O2/c1-10-7-11(8-14(25-10)20(21,22)23)16-17(12-5-3-4-6-13(12)31-2)27-19(24)29-18(16)26-15(9-30)28-29/h3-4,6,8,30H,5,7,9H2,1-2H3,(H2,24,27). The predicted octanol–water partition coefficient (Wildman–Crippen LogP) is 1.30. The molecule has 2 aromatic rings. The first kappa shape index (κ1) is 20.8. The van der Waals surface area contributed by atoms with Crippen LogP contribution in [0, 0.1) is 0 Å². The molecule has 11 heteroatoms. The molecule has 31 heavy (non-hydrogen) atoms. The van der Waals surface area contributed by atoms with Gasteiger partial charge < -0.3 is 15.6 Å². The Morgan fingerprint density at radius 3 is 2.74 bits per heavy atom. The van der Waals surface area contributed by atoms with Crippen molar-refractivity contribution in [2.24, 2.45) is 4.99 Å². The van der Waals surface area contributed by atoms with E-state index in [1.807, 2.05) is 12.2 Å². The molecule has 0 saturated heterocycles. The number of aliphatic hydroxyl groups excluding tert-OH is 1. The van der Waals surface area contributed by atoms with Crippen LogP contribution in [0.15, 0.2) is 40.8 Å². The highest BCUT2D eigenvalue weighted by Crippen LogP contribution is 2.31. The average Bonchev–Trinajstić information content (AvgIpc) is 3.17. The second-order valence-electron chi connectivity index (χ2n) is 7.04. The molecule has 1 aliphatic heterocycles. The maximum absolute atomic E-state index is 13.5. The summed E-state index contributed by atoms with van der Waals surface area (Å²) in [4.78, 5) is 12.4. The molecule has 1 aliphatic carbocycles. The van der Waals surface area contributed by atoms with E-state index >= 15 is 0 Å². The fraction of sp³-hybridized carbons (Fsp3) is 0.300. The molecule has 2 aliphatic rings. The normalized spacial score (nSPS) is 20.5. The molecule has 0 amide bonds. The number of rotatable bonds is 2. The van der Waals surface area contributed by atoms with Crippen molar-refractivity contribution in [3.05, 3.63) is 52.2 Å². The lowest BCUT2D eigenvalue weighted by atomic mass is 9.99. The quantitative estimate of drug-likeness (QED) is 0.740. The van der Waals surface area contributed by atoms with Gasteiger partial charge >= 0.3 is 6.18 Å². The summed E-state index contributed by atoms with van der Waals surface area (Å²) in [6, 6.07) is 0. The van der Waals surface area contributed by atoms with Crippen molar-refractivity contribution < 1.29 is 23.0 Å². The number of nitrogens with two attached hydrogens (primary N) is 1. The van der Waals surface area contributed by atoms with Crippen molar-refractivity contribution in [2.75, 3.05) is 12.8 Å². The van der Waals surface area contributed by atoms with Crippen molar-refractivity contribution in [1.82, 2.24) is 19.6 Å². The fourth-order valence-corrected chi connectivity index (χ4v) is 3.60. The number of aliphatic hydroxyl groups is 1. The van der Waals surface area contributed by atoms with Crippen molar-refractivity contribution in [3.63, 3.8) is 0 Å². The zero-order valence-electron chi connectivity index (χ0n) is 16.7. The van der Waals surface area contributed by atoms with Crippen LogP contribution in [-0.2, 0) is 11.3 Å². The number of aromatic nitrogens is 4. The Morgan fingerprint density at radius 1 is 1.29 bits per heavy atom. The maximum Gasteiger partial charge on any atom is 0.433 e. The molecule has 0 unspecified atom stereocenters. The Balaban J connectivity index is 2.23. The van der Waals surface area contributed by atoms with Gasteiger partial charge in [0, 0.05) is 22.9 Å². The SMILES string of the molecule is COC1=CC=CCC1=c1nc(N)n2nc(CO)nc2c1=C1C=C(C(F)(F)F)N=C(C)C1. The molecule has 0 spiro atoms. The number of anilines is 1. The second kappa shape index (κ2) is 7.65.